The largest absolute Gasteiger partial charge is 0.258 e. The Hall–Kier alpha value is -0.200. The predicted molar refractivity (Wildman–Crippen MR) is 29.0 cm³/mol. The summed E-state index contributed by atoms with van der Waals surface area (Å²) < 4.78 is 2.89. The van der Waals surface area contributed by atoms with Crippen LogP contribution in [-0.4, -0.2) is 5.25 Å². The van der Waals surface area contributed by atoms with Gasteiger partial charge in [0.05, 0.1) is 6.07 Å². The fourth-order valence-electron chi connectivity index (χ4n) is 0.413. The Morgan fingerprint density at radius 2 is 2.86 bits per heavy atom. The third-order valence-electron chi connectivity index (χ3n) is 0.770. The zero-order valence-electron chi connectivity index (χ0n) is 3.72. The number of rotatable bonds is 0. The minimum Gasteiger partial charge on any atom is -0.258 e. The lowest BCUT2D eigenvalue weighted by molar-refractivity contribution is 1.01. The van der Waals surface area contributed by atoms with E-state index in [4.69, 9.17) is 5.26 Å². The highest BCUT2D eigenvalue weighted by Gasteiger charge is 2.13. The third-order valence-corrected chi connectivity index (χ3v) is 1.65. The van der Waals surface area contributed by atoms with E-state index in [1.54, 1.807) is 0 Å². The normalized spacial score (nSPS) is 29.9. The maximum absolute atomic E-state index is 8.24. The summed E-state index contributed by atoms with van der Waals surface area (Å²) in [7, 11) is 0. The molecule has 1 aliphatic heterocycles. The molecule has 1 aliphatic rings. The van der Waals surface area contributed by atoms with Crippen LogP contribution < -0.4 is 4.72 Å². The number of nitrogens with one attached hydrogen (secondary N) is 1. The van der Waals surface area contributed by atoms with Crippen LogP contribution in [0.3, 0.4) is 0 Å². The molecular formula is C4H5N2S. The van der Waals surface area contributed by atoms with Crippen LogP contribution in [0.5, 0.6) is 0 Å². The van der Waals surface area contributed by atoms with Crippen molar-refractivity contribution in [3.05, 3.63) is 6.54 Å². The van der Waals surface area contributed by atoms with Crippen molar-refractivity contribution in [3.63, 3.8) is 0 Å². The van der Waals surface area contributed by atoms with Crippen molar-refractivity contribution in [3.8, 4) is 6.07 Å². The first-order valence-corrected chi connectivity index (χ1v) is 2.94. The lowest BCUT2D eigenvalue weighted by atomic mass is 10.3. The molecule has 1 heterocycles. The van der Waals surface area contributed by atoms with Crippen LogP contribution >= 0.6 is 11.9 Å². The minimum atomic E-state index is 0.153. The van der Waals surface area contributed by atoms with E-state index in [0.717, 1.165) is 6.42 Å². The van der Waals surface area contributed by atoms with Gasteiger partial charge in [0.25, 0.3) is 0 Å². The molecule has 1 rings (SSSR count). The summed E-state index contributed by atoms with van der Waals surface area (Å²) in [5.74, 6) is 0. The highest BCUT2D eigenvalue weighted by Crippen LogP contribution is 2.18. The van der Waals surface area contributed by atoms with Crippen LogP contribution in [0.4, 0.5) is 0 Å². The van der Waals surface area contributed by atoms with Crippen LogP contribution in [0.25, 0.3) is 0 Å². The summed E-state index contributed by atoms with van der Waals surface area (Å²) in [5, 5.41) is 8.39. The summed E-state index contributed by atoms with van der Waals surface area (Å²) in [6.07, 6.45) is 0.876. The van der Waals surface area contributed by atoms with Gasteiger partial charge in [-0.3, -0.25) is 4.72 Å². The molecule has 1 unspecified atom stereocenters. The van der Waals surface area contributed by atoms with Crippen LogP contribution in [0.15, 0.2) is 0 Å². The first kappa shape index (κ1) is 4.95. The smallest absolute Gasteiger partial charge is 0.108 e. The van der Waals surface area contributed by atoms with Gasteiger partial charge in [0.1, 0.15) is 5.25 Å². The Morgan fingerprint density at radius 3 is 3.14 bits per heavy atom. The second kappa shape index (κ2) is 2.20. The van der Waals surface area contributed by atoms with Crippen molar-refractivity contribution in [1.29, 1.82) is 5.26 Å². The molecule has 7 heavy (non-hydrogen) atoms. The summed E-state index contributed by atoms with van der Waals surface area (Å²) in [6.45, 7) is 1.90. The molecule has 1 radical (unpaired) electrons. The van der Waals surface area contributed by atoms with Gasteiger partial charge in [0, 0.05) is 6.54 Å². The average molecular weight is 113 g/mol. The van der Waals surface area contributed by atoms with E-state index >= 15 is 0 Å². The third kappa shape index (κ3) is 1.08. The molecule has 0 aromatic rings. The first-order chi connectivity index (χ1) is 3.43. The molecule has 1 fully saturated rings. The molecule has 0 bridgehead atoms. The predicted octanol–water partition coefficient (Wildman–Crippen LogP) is 0.682. The van der Waals surface area contributed by atoms with Crippen molar-refractivity contribution in [2.24, 2.45) is 0 Å². The molecule has 1 saturated heterocycles. The van der Waals surface area contributed by atoms with E-state index in [9.17, 15) is 0 Å². The highest BCUT2D eigenvalue weighted by atomic mass is 32.2. The lowest BCUT2D eigenvalue weighted by Crippen LogP contribution is -1.88. The van der Waals surface area contributed by atoms with Crippen LogP contribution in [0, 0.1) is 17.9 Å². The van der Waals surface area contributed by atoms with E-state index in [1.807, 2.05) is 6.54 Å². The molecule has 0 aromatic carbocycles. The van der Waals surface area contributed by atoms with Crippen molar-refractivity contribution < 1.29 is 0 Å². The molecule has 2 nitrogen and oxygen atoms in total. The summed E-state index contributed by atoms with van der Waals surface area (Å²) in [6, 6.07) is 2.13. The molecule has 0 amide bonds. The zero-order chi connectivity index (χ0) is 5.11. The van der Waals surface area contributed by atoms with Crippen LogP contribution in [0.2, 0.25) is 0 Å². The van der Waals surface area contributed by atoms with Gasteiger partial charge in [-0.2, -0.15) is 5.26 Å². The summed E-state index contributed by atoms with van der Waals surface area (Å²) in [5.41, 5.74) is 0. The van der Waals surface area contributed by atoms with Crippen LogP contribution in [-0.2, 0) is 0 Å². The maximum Gasteiger partial charge on any atom is 0.108 e. The van der Waals surface area contributed by atoms with Crippen LogP contribution in [0.1, 0.15) is 6.42 Å². The number of hydrogen-bond donors (Lipinski definition) is 1. The molecule has 0 saturated carbocycles. The fraction of sp³-hybridized carbons (Fsp3) is 0.500. The summed E-state index contributed by atoms with van der Waals surface area (Å²) >= 11 is 1.48. The molecular weight excluding hydrogens is 108 g/mol. The molecule has 0 spiro atoms. The molecule has 0 aromatic heterocycles. The number of nitrogens with zero attached hydrogens (tertiary/aromatic N) is 1. The zero-order valence-corrected chi connectivity index (χ0v) is 4.53. The second-order valence-corrected chi connectivity index (χ2v) is 2.33. The Balaban J connectivity index is 2.31. The quantitative estimate of drug-likeness (QED) is 0.469. The number of nitriles is 1. The first-order valence-electron chi connectivity index (χ1n) is 2.06. The standard InChI is InChI=1S/C4H5N2S/c5-3-4-1-2-6-7-4/h2,4,6H,1H2. The number of hydrogen-bond acceptors (Lipinski definition) is 3. The van der Waals surface area contributed by atoms with Gasteiger partial charge in [-0.15, -0.1) is 0 Å². The van der Waals surface area contributed by atoms with E-state index in [2.05, 4.69) is 10.8 Å². The summed E-state index contributed by atoms with van der Waals surface area (Å²) in [4.78, 5) is 0. The monoisotopic (exact) mass is 113 g/mol. The Labute approximate surface area is 47.0 Å². The van der Waals surface area contributed by atoms with Crippen molar-refractivity contribution >= 4 is 11.9 Å². The fourth-order valence-corrected chi connectivity index (χ4v) is 1.01. The van der Waals surface area contributed by atoms with E-state index < -0.39 is 0 Å². The van der Waals surface area contributed by atoms with Gasteiger partial charge in [-0.1, -0.05) is 11.9 Å². The molecule has 3 heteroatoms. The maximum atomic E-state index is 8.24. The molecule has 1 N–H and O–H groups in total. The van der Waals surface area contributed by atoms with Gasteiger partial charge in [0.15, 0.2) is 0 Å². The Kier molecular flexibility index (Phi) is 1.55. The van der Waals surface area contributed by atoms with Crippen molar-refractivity contribution in [2.75, 3.05) is 0 Å². The van der Waals surface area contributed by atoms with Gasteiger partial charge in [-0.05, 0) is 6.42 Å². The van der Waals surface area contributed by atoms with Gasteiger partial charge >= 0.3 is 0 Å². The van der Waals surface area contributed by atoms with Gasteiger partial charge in [-0.25, -0.2) is 0 Å². The van der Waals surface area contributed by atoms with Crippen molar-refractivity contribution in [1.82, 2.24) is 4.72 Å². The van der Waals surface area contributed by atoms with Gasteiger partial charge in [0.2, 0.25) is 0 Å². The molecule has 1 atom stereocenters. The highest BCUT2D eigenvalue weighted by molar-refractivity contribution is 7.98. The topological polar surface area (TPSA) is 35.8 Å². The Morgan fingerprint density at radius 1 is 2.00 bits per heavy atom. The minimum absolute atomic E-state index is 0.153. The Bertz CT molecular complexity index is 90.4. The van der Waals surface area contributed by atoms with Gasteiger partial charge < -0.3 is 0 Å². The second-order valence-electron chi connectivity index (χ2n) is 1.29. The molecule has 37 valence electrons. The van der Waals surface area contributed by atoms with E-state index in [1.165, 1.54) is 11.9 Å². The SMILES string of the molecule is N#CC1C[CH]NS1. The van der Waals surface area contributed by atoms with Crippen molar-refractivity contribution in [2.45, 2.75) is 11.7 Å². The van der Waals surface area contributed by atoms with E-state index in [-0.39, 0.29) is 5.25 Å². The average Bonchev–Trinajstić information content (AvgIpc) is 2.14. The lowest BCUT2D eigenvalue weighted by Gasteiger charge is -1.86. The molecule has 0 aliphatic carbocycles. The van der Waals surface area contributed by atoms with E-state index in [0.29, 0.717) is 0 Å².